The van der Waals surface area contributed by atoms with E-state index in [1.54, 1.807) is 30.5 Å². The van der Waals surface area contributed by atoms with Crippen LogP contribution in [0.5, 0.6) is 5.75 Å². The van der Waals surface area contributed by atoms with Gasteiger partial charge < -0.3 is 10.1 Å². The highest BCUT2D eigenvalue weighted by molar-refractivity contribution is 6.31. The molecule has 2 rings (SSSR count). The van der Waals surface area contributed by atoms with Crippen molar-refractivity contribution in [3.63, 3.8) is 0 Å². The Kier molecular flexibility index (Phi) is 5.42. The van der Waals surface area contributed by atoms with Crippen molar-refractivity contribution in [2.24, 2.45) is 0 Å². The molecule has 0 radical (unpaired) electrons. The zero-order valence-electron chi connectivity index (χ0n) is 11.3. The van der Waals surface area contributed by atoms with Gasteiger partial charge in [-0.15, -0.1) is 0 Å². The summed E-state index contributed by atoms with van der Waals surface area (Å²) in [5, 5.41) is 3.73. The van der Waals surface area contributed by atoms with Gasteiger partial charge in [-0.25, -0.2) is 4.98 Å². The quantitative estimate of drug-likeness (QED) is 0.854. The topological polar surface area (TPSA) is 51.2 Å². The van der Waals surface area contributed by atoms with Crippen molar-refractivity contribution >= 4 is 29.1 Å². The number of carbonyl (C=O) groups is 1. The zero-order chi connectivity index (χ0) is 15.2. The van der Waals surface area contributed by atoms with E-state index >= 15 is 0 Å². The van der Waals surface area contributed by atoms with Crippen molar-refractivity contribution in [1.29, 1.82) is 0 Å². The number of pyridine rings is 1. The number of rotatable bonds is 5. The first-order chi connectivity index (χ1) is 10.1. The molecule has 2 aromatic rings. The number of benzene rings is 1. The largest absolute Gasteiger partial charge is 0.481 e. The van der Waals surface area contributed by atoms with Gasteiger partial charge in [0.15, 0.2) is 17.5 Å². The average Bonchev–Trinajstić information content (AvgIpc) is 2.47. The van der Waals surface area contributed by atoms with Crippen molar-refractivity contribution in [2.45, 2.75) is 13.0 Å². The third-order valence-corrected chi connectivity index (χ3v) is 3.37. The SMILES string of the molecule is CC(NC(=O)COc1cccnc1Cl)c1ccc(Cl)cc1. The van der Waals surface area contributed by atoms with Crippen LogP contribution in [0, 0.1) is 0 Å². The summed E-state index contributed by atoms with van der Waals surface area (Å²) in [5.74, 6) is 0.144. The summed E-state index contributed by atoms with van der Waals surface area (Å²) < 4.78 is 5.33. The van der Waals surface area contributed by atoms with E-state index in [-0.39, 0.29) is 23.7 Å². The third kappa shape index (κ3) is 4.62. The van der Waals surface area contributed by atoms with Crippen molar-refractivity contribution in [3.05, 3.63) is 58.3 Å². The lowest BCUT2D eigenvalue weighted by Crippen LogP contribution is -2.31. The van der Waals surface area contributed by atoms with Gasteiger partial charge >= 0.3 is 0 Å². The molecule has 0 aliphatic rings. The second-order valence-corrected chi connectivity index (χ2v) is 5.22. The molecule has 0 aliphatic carbocycles. The molecule has 110 valence electrons. The molecule has 0 bridgehead atoms. The average molecular weight is 325 g/mol. The van der Waals surface area contributed by atoms with Crippen LogP contribution in [0.2, 0.25) is 10.2 Å². The maximum absolute atomic E-state index is 11.9. The maximum Gasteiger partial charge on any atom is 0.258 e. The summed E-state index contributed by atoms with van der Waals surface area (Å²) in [4.78, 5) is 15.7. The Morgan fingerprint density at radius 2 is 2.00 bits per heavy atom. The van der Waals surface area contributed by atoms with Crippen LogP contribution >= 0.6 is 23.2 Å². The molecule has 21 heavy (non-hydrogen) atoms. The number of aromatic nitrogens is 1. The summed E-state index contributed by atoms with van der Waals surface area (Å²) in [6.07, 6.45) is 1.55. The van der Waals surface area contributed by atoms with E-state index in [4.69, 9.17) is 27.9 Å². The fourth-order valence-electron chi connectivity index (χ4n) is 1.74. The molecule has 1 heterocycles. The van der Waals surface area contributed by atoms with Crippen LogP contribution in [0.25, 0.3) is 0 Å². The molecular formula is C15H14Cl2N2O2. The molecular weight excluding hydrogens is 311 g/mol. The van der Waals surface area contributed by atoms with Crippen LogP contribution in [-0.4, -0.2) is 17.5 Å². The molecule has 1 N–H and O–H groups in total. The molecule has 0 saturated carbocycles. The van der Waals surface area contributed by atoms with Crippen LogP contribution in [0.4, 0.5) is 0 Å². The molecule has 4 nitrogen and oxygen atoms in total. The molecule has 6 heteroatoms. The maximum atomic E-state index is 11.9. The van der Waals surface area contributed by atoms with Gasteiger partial charge in [-0.3, -0.25) is 4.79 Å². The molecule has 1 aromatic carbocycles. The number of amides is 1. The third-order valence-electron chi connectivity index (χ3n) is 2.83. The number of ether oxygens (including phenoxy) is 1. The van der Waals surface area contributed by atoms with E-state index < -0.39 is 0 Å². The predicted octanol–water partition coefficient (Wildman–Crippen LogP) is 3.64. The number of nitrogens with one attached hydrogen (secondary N) is 1. The second kappa shape index (κ2) is 7.29. The Bertz CT molecular complexity index is 617. The van der Waals surface area contributed by atoms with Crippen molar-refractivity contribution < 1.29 is 9.53 Å². The Morgan fingerprint density at radius 1 is 1.29 bits per heavy atom. The van der Waals surface area contributed by atoms with Crippen molar-refractivity contribution in [2.75, 3.05) is 6.61 Å². The lowest BCUT2D eigenvalue weighted by molar-refractivity contribution is -0.123. The Hall–Kier alpha value is -1.78. The van der Waals surface area contributed by atoms with Gasteiger partial charge in [0.2, 0.25) is 0 Å². The predicted molar refractivity (Wildman–Crippen MR) is 82.8 cm³/mol. The van der Waals surface area contributed by atoms with Crippen LogP contribution in [0.15, 0.2) is 42.6 Å². The molecule has 0 saturated heterocycles. The summed E-state index contributed by atoms with van der Waals surface area (Å²) in [5.41, 5.74) is 0.965. The first kappa shape index (κ1) is 15.6. The number of nitrogens with zero attached hydrogens (tertiary/aromatic N) is 1. The minimum atomic E-state index is -0.239. The summed E-state index contributed by atoms with van der Waals surface area (Å²) in [7, 11) is 0. The molecule has 1 atom stereocenters. The molecule has 1 unspecified atom stereocenters. The normalized spacial score (nSPS) is 11.8. The zero-order valence-corrected chi connectivity index (χ0v) is 12.9. The fourth-order valence-corrected chi connectivity index (χ4v) is 2.04. The van der Waals surface area contributed by atoms with E-state index in [1.807, 2.05) is 19.1 Å². The highest BCUT2D eigenvalue weighted by atomic mass is 35.5. The van der Waals surface area contributed by atoms with E-state index in [2.05, 4.69) is 10.3 Å². The second-order valence-electron chi connectivity index (χ2n) is 4.42. The highest BCUT2D eigenvalue weighted by Crippen LogP contribution is 2.20. The number of hydrogen-bond donors (Lipinski definition) is 1. The van der Waals surface area contributed by atoms with Crippen LogP contribution < -0.4 is 10.1 Å². The fraction of sp³-hybridized carbons (Fsp3) is 0.200. The van der Waals surface area contributed by atoms with E-state index in [0.29, 0.717) is 10.8 Å². The minimum Gasteiger partial charge on any atom is -0.481 e. The minimum absolute atomic E-state index is 0.122. The molecule has 0 spiro atoms. The van der Waals surface area contributed by atoms with Crippen molar-refractivity contribution in [3.8, 4) is 5.75 Å². The highest BCUT2D eigenvalue weighted by Gasteiger charge is 2.11. The van der Waals surface area contributed by atoms with Crippen LogP contribution in [0.3, 0.4) is 0 Å². The van der Waals surface area contributed by atoms with E-state index in [9.17, 15) is 4.79 Å². The lowest BCUT2D eigenvalue weighted by Gasteiger charge is -2.15. The first-order valence-corrected chi connectivity index (χ1v) is 7.10. The molecule has 0 fully saturated rings. The van der Waals surface area contributed by atoms with Gasteiger partial charge in [0.1, 0.15) is 0 Å². The molecule has 1 amide bonds. The molecule has 0 aliphatic heterocycles. The lowest BCUT2D eigenvalue weighted by atomic mass is 10.1. The number of hydrogen-bond acceptors (Lipinski definition) is 3. The van der Waals surface area contributed by atoms with Gasteiger partial charge in [0.05, 0.1) is 6.04 Å². The monoisotopic (exact) mass is 324 g/mol. The van der Waals surface area contributed by atoms with Gasteiger partial charge in [0.25, 0.3) is 5.91 Å². The summed E-state index contributed by atoms with van der Waals surface area (Å²) >= 11 is 11.7. The Balaban J connectivity index is 1.87. The molecule has 1 aromatic heterocycles. The van der Waals surface area contributed by atoms with Gasteiger partial charge in [-0.1, -0.05) is 35.3 Å². The van der Waals surface area contributed by atoms with E-state index in [1.165, 1.54) is 0 Å². The number of carbonyl (C=O) groups excluding carboxylic acids is 1. The Morgan fingerprint density at radius 3 is 2.67 bits per heavy atom. The summed E-state index contributed by atoms with van der Waals surface area (Å²) in [6, 6.07) is 10.5. The van der Waals surface area contributed by atoms with Crippen molar-refractivity contribution in [1.82, 2.24) is 10.3 Å². The van der Waals surface area contributed by atoms with Crippen LogP contribution in [0.1, 0.15) is 18.5 Å². The summed E-state index contributed by atoms with van der Waals surface area (Å²) in [6.45, 7) is 1.77. The van der Waals surface area contributed by atoms with Gasteiger partial charge in [0, 0.05) is 11.2 Å². The smallest absolute Gasteiger partial charge is 0.258 e. The van der Waals surface area contributed by atoms with Crippen LogP contribution in [-0.2, 0) is 4.79 Å². The Labute approximate surface area is 133 Å². The van der Waals surface area contributed by atoms with E-state index in [0.717, 1.165) is 5.56 Å². The standard InChI is InChI=1S/C15H14Cl2N2O2/c1-10(11-4-6-12(16)7-5-11)19-14(20)9-21-13-3-2-8-18-15(13)17/h2-8,10H,9H2,1H3,(H,19,20). The number of halogens is 2. The first-order valence-electron chi connectivity index (χ1n) is 6.34. The van der Waals surface area contributed by atoms with Gasteiger partial charge in [-0.2, -0.15) is 0 Å². The van der Waals surface area contributed by atoms with Gasteiger partial charge in [-0.05, 0) is 36.8 Å².